The van der Waals surface area contributed by atoms with Crippen molar-refractivity contribution in [2.75, 3.05) is 48.9 Å². The molecular formula is C34H36FN7O3S. The van der Waals surface area contributed by atoms with Crippen molar-refractivity contribution in [2.45, 2.75) is 19.2 Å². The van der Waals surface area contributed by atoms with E-state index in [9.17, 15) is 12.8 Å². The zero-order valence-corrected chi connectivity index (χ0v) is 26.3. The fraction of sp³-hybridized carbons (Fsp3) is 0.265. The lowest BCUT2D eigenvalue weighted by atomic mass is 10.1. The van der Waals surface area contributed by atoms with Crippen molar-refractivity contribution in [1.29, 1.82) is 5.41 Å². The van der Waals surface area contributed by atoms with Crippen molar-refractivity contribution in [1.82, 2.24) is 19.4 Å². The predicted octanol–water partition coefficient (Wildman–Crippen LogP) is 5.34. The molecule has 1 aliphatic heterocycles. The Kier molecular flexibility index (Phi) is 9.38. The Morgan fingerprint density at radius 2 is 1.98 bits per heavy atom. The van der Waals surface area contributed by atoms with E-state index in [1.807, 2.05) is 42.6 Å². The molecule has 238 valence electrons. The number of sulfone groups is 1. The summed E-state index contributed by atoms with van der Waals surface area (Å²) in [5.41, 5.74) is 5.89. The average molecular weight is 642 g/mol. The van der Waals surface area contributed by atoms with Gasteiger partial charge in [-0.2, -0.15) is 0 Å². The second-order valence-electron chi connectivity index (χ2n) is 11.5. The molecule has 0 bridgehead atoms. The molecular weight excluding hydrogens is 605 g/mol. The van der Waals surface area contributed by atoms with E-state index >= 15 is 0 Å². The number of fused-ring (bicyclic) bond motifs is 1. The van der Waals surface area contributed by atoms with E-state index in [1.165, 1.54) is 30.9 Å². The Morgan fingerprint density at radius 3 is 2.80 bits per heavy atom. The molecule has 1 fully saturated rings. The maximum Gasteiger partial charge on any atom is 0.148 e. The van der Waals surface area contributed by atoms with Crippen molar-refractivity contribution in [3.8, 4) is 11.1 Å². The molecule has 0 spiro atoms. The summed E-state index contributed by atoms with van der Waals surface area (Å²) in [4.78, 5) is 11.1. The van der Waals surface area contributed by atoms with Crippen LogP contribution in [-0.4, -0.2) is 78.4 Å². The van der Waals surface area contributed by atoms with Crippen LogP contribution in [0.5, 0.6) is 0 Å². The summed E-state index contributed by atoms with van der Waals surface area (Å²) in [6.07, 6.45) is 8.17. The quantitative estimate of drug-likeness (QED) is 0.156. The van der Waals surface area contributed by atoms with Crippen LogP contribution in [0.4, 0.5) is 21.6 Å². The molecule has 0 aliphatic carbocycles. The Bertz CT molecular complexity index is 1960. The summed E-state index contributed by atoms with van der Waals surface area (Å²) in [7, 11) is -3.00. The van der Waals surface area contributed by atoms with Crippen molar-refractivity contribution in [3.63, 3.8) is 0 Å². The number of rotatable bonds is 12. The molecule has 3 heterocycles. The van der Waals surface area contributed by atoms with Crippen LogP contribution < -0.4 is 10.6 Å². The lowest BCUT2D eigenvalue weighted by molar-refractivity contribution is -0.0340. The Morgan fingerprint density at radius 1 is 1.09 bits per heavy atom. The number of hydrogen-bond acceptors (Lipinski definition) is 9. The molecule has 3 aromatic carbocycles. The topological polar surface area (TPSA) is 125 Å². The van der Waals surface area contributed by atoms with Crippen LogP contribution in [0.2, 0.25) is 0 Å². The number of aromatic nitrogens is 3. The standard InChI is InChI=1S/C34H36FN7O3S/c1-46(43,44)14-12-41-11-13-45-30(21-41)22-42-10-9-26(20-42)25-5-7-33-31(17-25)34(39-23-38-33)40-29-6-8-32(27(16-29)18-36)37-19-24-3-2-4-28(35)15-24/h2-10,15-18,20,23,30,36-37H,11-14,19,21-22H2,1H3,(H,38,39,40). The van der Waals surface area contributed by atoms with Crippen molar-refractivity contribution >= 4 is 44.1 Å². The molecule has 1 atom stereocenters. The summed E-state index contributed by atoms with van der Waals surface area (Å²) >= 11 is 0. The van der Waals surface area contributed by atoms with Crippen LogP contribution in [0, 0.1) is 11.2 Å². The van der Waals surface area contributed by atoms with Crippen molar-refractivity contribution in [2.24, 2.45) is 0 Å². The van der Waals surface area contributed by atoms with Gasteiger partial charge in [-0.1, -0.05) is 18.2 Å². The monoisotopic (exact) mass is 641 g/mol. The maximum atomic E-state index is 13.6. The van der Waals surface area contributed by atoms with Crippen LogP contribution in [0.15, 0.2) is 85.5 Å². The van der Waals surface area contributed by atoms with E-state index in [-0.39, 0.29) is 17.7 Å². The zero-order valence-electron chi connectivity index (χ0n) is 25.5. The molecule has 0 saturated carbocycles. The number of hydrogen-bond donors (Lipinski definition) is 3. The summed E-state index contributed by atoms with van der Waals surface area (Å²) in [5.74, 6) is 0.516. The summed E-state index contributed by atoms with van der Waals surface area (Å²) in [6.45, 7) is 3.63. The first-order chi connectivity index (χ1) is 22.2. The van der Waals surface area contributed by atoms with Gasteiger partial charge in [0.25, 0.3) is 0 Å². The van der Waals surface area contributed by atoms with E-state index in [0.29, 0.717) is 44.2 Å². The van der Waals surface area contributed by atoms with Gasteiger partial charge in [0.15, 0.2) is 0 Å². The van der Waals surface area contributed by atoms with E-state index in [0.717, 1.165) is 45.5 Å². The molecule has 1 unspecified atom stereocenters. The molecule has 46 heavy (non-hydrogen) atoms. The molecule has 3 N–H and O–H groups in total. The van der Waals surface area contributed by atoms with Crippen molar-refractivity contribution in [3.05, 3.63) is 102 Å². The van der Waals surface area contributed by atoms with Gasteiger partial charge < -0.3 is 25.3 Å². The highest BCUT2D eigenvalue weighted by Crippen LogP contribution is 2.30. The average Bonchev–Trinajstić information content (AvgIpc) is 3.51. The lowest BCUT2D eigenvalue weighted by Gasteiger charge is -2.32. The van der Waals surface area contributed by atoms with E-state index in [2.05, 4.69) is 48.4 Å². The van der Waals surface area contributed by atoms with Crippen LogP contribution in [-0.2, 0) is 27.7 Å². The fourth-order valence-corrected chi connectivity index (χ4v) is 6.18. The summed E-state index contributed by atoms with van der Waals surface area (Å²) < 4.78 is 44.9. The highest BCUT2D eigenvalue weighted by molar-refractivity contribution is 7.90. The Labute approximate surface area is 267 Å². The second kappa shape index (κ2) is 13.8. The Hall–Kier alpha value is -4.65. The highest BCUT2D eigenvalue weighted by atomic mass is 32.2. The van der Waals surface area contributed by atoms with Crippen LogP contribution in [0.25, 0.3) is 22.0 Å². The van der Waals surface area contributed by atoms with Gasteiger partial charge >= 0.3 is 0 Å². The van der Waals surface area contributed by atoms with Gasteiger partial charge in [0, 0.05) is 79.9 Å². The second-order valence-corrected chi connectivity index (χ2v) is 13.8. The molecule has 1 aliphatic rings. The first-order valence-corrected chi connectivity index (χ1v) is 17.1. The first kappa shape index (κ1) is 31.3. The lowest BCUT2D eigenvalue weighted by Crippen LogP contribution is -2.45. The largest absolute Gasteiger partial charge is 0.380 e. The van der Waals surface area contributed by atoms with Crippen LogP contribution in [0.1, 0.15) is 11.1 Å². The molecule has 10 nitrogen and oxygen atoms in total. The number of halogens is 1. The SMILES string of the molecule is CS(=O)(=O)CCN1CCOC(Cn2ccc(-c3ccc4ncnc(Nc5ccc(NCc6cccc(F)c6)c(C=N)c5)c4c3)c2)C1. The van der Waals surface area contributed by atoms with Gasteiger partial charge in [0.2, 0.25) is 0 Å². The number of morpholine rings is 1. The van der Waals surface area contributed by atoms with Gasteiger partial charge in [0.1, 0.15) is 27.8 Å². The van der Waals surface area contributed by atoms with E-state index < -0.39 is 9.84 Å². The third kappa shape index (κ3) is 7.94. The number of ether oxygens (including phenoxy) is 1. The summed E-state index contributed by atoms with van der Waals surface area (Å²) in [5, 5.41) is 15.5. The van der Waals surface area contributed by atoms with Gasteiger partial charge in [-0.15, -0.1) is 0 Å². The molecule has 1 saturated heterocycles. The number of benzene rings is 3. The Balaban J connectivity index is 1.15. The van der Waals surface area contributed by atoms with Gasteiger partial charge in [-0.25, -0.2) is 22.8 Å². The number of anilines is 3. The van der Waals surface area contributed by atoms with Gasteiger partial charge in [-0.3, -0.25) is 4.90 Å². The minimum absolute atomic E-state index is 0.0249. The van der Waals surface area contributed by atoms with Gasteiger partial charge in [0.05, 0.1) is 24.0 Å². The third-order valence-electron chi connectivity index (χ3n) is 7.98. The third-order valence-corrected chi connectivity index (χ3v) is 8.90. The molecule has 0 amide bonds. The van der Waals surface area contributed by atoms with E-state index in [4.69, 9.17) is 10.1 Å². The smallest absolute Gasteiger partial charge is 0.148 e. The first-order valence-electron chi connectivity index (χ1n) is 15.0. The van der Waals surface area contributed by atoms with Crippen LogP contribution >= 0.6 is 0 Å². The zero-order chi connectivity index (χ0) is 32.1. The fourth-order valence-electron chi connectivity index (χ4n) is 5.59. The van der Waals surface area contributed by atoms with Gasteiger partial charge in [-0.05, 0) is 65.2 Å². The minimum atomic E-state index is -3.00. The molecule has 2 aromatic heterocycles. The normalized spacial score (nSPS) is 15.6. The van der Waals surface area contributed by atoms with E-state index in [1.54, 1.807) is 6.07 Å². The minimum Gasteiger partial charge on any atom is -0.380 e. The van der Waals surface area contributed by atoms with Crippen LogP contribution in [0.3, 0.4) is 0 Å². The highest BCUT2D eigenvalue weighted by Gasteiger charge is 2.22. The number of nitrogens with one attached hydrogen (secondary N) is 3. The maximum absolute atomic E-state index is 13.6. The summed E-state index contributed by atoms with van der Waals surface area (Å²) in [6, 6.07) is 20.2. The molecule has 6 rings (SSSR count). The molecule has 12 heteroatoms. The number of nitrogens with zero attached hydrogens (tertiary/aromatic N) is 4. The molecule has 5 aromatic rings. The predicted molar refractivity (Wildman–Crippen MR) is 180 cm³/mol. The van der Waals surface area contributed by atoms with Crippen molar-refractivity contribution < 1.29 is 17.5 Å². The molecule has 0 radical (unpaired) electrons.